The molecule has 1 amide bonds. The van der Waals surface area contributed by atoms with Crippen LogP contribution in [0.3, 0.4) is 0 Å². The number of carbonyl (C=O) groups is 1. The molecule has 5 rings (SSSR count). The smallest absolute Gasteiger partial charge is 0.412 e. The van der Waals surface area contributed by atoms with Crippen LogP contribution in [0, 0.1) is 0 Å². The summed E-state index contributed by atoms with van der Waals surface area (Å²) < 4.78 is 27.8. The van der Waals surface area contributed by atoms with Gasteiger partial charge in [-0.15, -0.1) is 0 Å². The lowest BCUT2D eigenvalue weighted by atomic mass is 10.1. The summed E-state index contributed by atoms with van der Waals surface area (Å²) in [5, 5.41) is 5.96. The molecule has 1 aromatic carbocycles. The molecule has 10 nitrogen and oxygen atoms in total. The molecule has 10 heteroatoms. The van der Waals surface area contributed by atoms with Gasteiger partial charge in [-0.1, -0.05) is 0 Å². The number of anilines is 2. The number of amides is 1. The predicted octanol–water partition coefficient (Wildman–Crippen LogP) is 2.94. The van der Waals surface area contributed by atoms with Crippen molar-refractivity contribution in [2.75, 3.05) is 31.0 Å². The Bertz CT molecular complexity index is 1060. The quantitative estimate of drug-likeness (QED) is 0.599. The van der Waals surface area contributed by atoms with Crippen LogP contribution in [-0.2, 0) is 14.2 Å². The predicted molar refractivity (Wildman–Crippen MR) is 114 cm³/mol. The first-order valence-electron chi connectivity index (χ1n) is 10.2. The fourth-order valence-electron chi connectivity index (χ4n) is 3.80. The third-order valence-corrected chi connectivity index (χ3v) is 5.35. The van der Waals surface area contributed by atoms with E-state index in [1.54, 1.807) is 56.0 Å². The Kier molecular flexibility index (Phi) is 5.61. The zero-order valence-electron chi connectivity index (χ0n) is 17.3. The van der Waals surface area contributed by atoms with Gasteiger partial charge in [0.15, 0.2) is 11.9 Å². The molecule has 2 aliphatic heterocycles. The topological polar surface area (TPSA) is 117 Å². The number of fused-ring (bicyclic) bond motifs is 1. The zero-order chi connectivity index (χ0) is 21.9. The number of carbonyl (C=O) groups excluding carboxylic acids is 1. The minimum Gasteiger partial charge on any atom is -0.497 e. The number of hydrogen-bond acceptors (Lipinski definition) is 9. The third-order valence-electron chi connectivity index (χ3n) is 5.35. The molecular formula is C22H22N4O6. The van der Waals surface area contributed by atoms with Gasteiger partial charge < -0.3 is 28.7 Å². The molecule has 2 aromatic heterocycles. The number of ether oxygens (including phenoxy) is 4. The van der Waals surface area contributed by atoms with E-state index in [4.69, 9.17) is 23.4 Å². The van der Waals surface area contributed by atoms with Crippen molar-refractivity contribution >= 4 is 17.7 Å². The number of nitrogens with zero attached hydrogens (tertiary/aromatic N) is 2. The van der Waals surface area contributed by atoms with Gasteiger partial charge in [-0.2, -0.15) is 0 Å². The first-order valence-corrected chi connectivity index (χ1v) is 10.2. The molecule has 0 unspecified atom stereocenters. The van der Waals surface area contributed by atoms with E-state index >= 15 is 0 Å². The number of methoxy groups -OCH3 is 1. The molecule has 2 fully saturated rings. The van der Waals surface area contributed by atoms with Crippen LogP contribution < -0.4 is 15.4 Å². The van der Waals surface area contributed by atoms with Crippen molar-refractivity contribution in [3.8, 4) is 17.2 Å². The molecule has 3 aromatic rings. The van der Waals surface area contributed by atoms with E-state index in [1.807, 2.05) is 6.07 Å². The summed E-state index contributed by atoms with van der Waals surface area (Å²) in [6.07, 6.45) is 1.51. The molecule has 0 saturated carbocycles. The van der Waals surface area contributed by atoms with Gasteiger partial charge in [0.25, 0.3) is 0 Å². The minimum absolute atomic E-state index is 0.176. The van der Waals surface area contributed by atoms with Crippen LogP contribution >= 0.6 is 0 Å². The van der Waals surface area contributed by atoms with E-state index in [-0.39, 0.29) is 24.9 Å². The first-order chi connectivity index (χ1) is 15.7. The van der Waals surface area contributed by atoms with E-state index in [0.717, 1.165) is 0 Å². The summed E-state index contributed by atoms with van der Waals surface area (Å²) in [5.41, 5.74) is 1.28. The minimum atomic E-state index is -0.570. The second-order valence-corrected chi connectivity index (χ2v) is 7.39. The molecular weight excluding hydrogens is 416 g/mol. The first kappa shape index (κ1) is 20.3. The van der Waals surface area contributed by atoms with Crippen LogP contribution in [-0.4, -0.2) is 60.7 Å². The number of rotatable bonds is 6. The maximum atomic E-state index is 12.3. The summed E-state index contributed by atoms with van der Waals surface area (Å²) >= 11 is 0. The lowest BCUT2D eigenvalue weighted by Gasteiger charge is -2.18. The van der Waals surface area contributed by atoms with Crippen LogP contribution in [0.4, 0.5) is 16.4 Å². The van der Waals surface area contributed by atoms with Gasteiger partial charge in [0.2, 0.25) is 5.95 Å². The van der Waals surface area contributed by atoms with Crippen molar-refractivity contribution in [2.45, 2.75) is 24.4 Å². The van der Waals surface area contributed by atoms with Crippen molar-refractivity contribution in [2.24, 2.45) is 0 Å². The van der Waals surface area contributed by atoms with Gasteiger partial charge in [-0.25, -0.2) is 14.8 Å². The van der Waals surface area contributed by atoms with Crippen LogP contribution in [0.15, 0.2) is 59.3 Å². The molecule has 2 N–H and O–H groups in total. The Hall–Kier alpha value is -3.63. The summed E-state index contributed by atoms with van der Waals surface area (Å²) in [5.74, 6) is 1.80. The standard InChI is InChI=1S/C22H22N4O6/c1-28-14-6-4-13(5-7-14)24-22(27)32-18-12-31-19-16(11-30-20(18)19)26-21-23-9-8-15(25-21)17-3-2-10-29-17/h2-10,16,18-20H,11-12H2,1H3,(H,24,27)(H,23,25,26)/t16-,18+,19+,20+/m0/s1. The lowest BCUT2D eigenvalue weighted by Crippen LogP contribution is -2.38. The summed E-state index contributed by atoms with van der Waals surface area (Å²) in [6, 6.07) is 12.2. The number of benzene rings is 1. The third kappa shape index (κ3) is 4.23. The van der Waals surface area contributed by atoms with Crippen molar-refractivity contribution in [3.05, 3.63) is 54.9 Å². The largest absolute Gasteiger partial charge is 0.497 e. The fourth-order valence-corrected chi connectivity index (χ4v) is 3.80. The van der Waals surface area contributed by atoms with Crippen molar-refractivity contribution < 1.29 is 28.2 Å². The number of furan rings is 1. The van der Waals surface area contributed by atoms with E-state index in [1.165, 1.54) is 0 Å². The Morgan fingerprint density at radius 3 is 2.72 bits per heavy atom. The van der Waals surface area contributed by atoms with E-state index in [2.05, 4.69) is 20.6 Å². The Labute approximate surface area is 183 Å². The number of nitrogens with one attached hydrogen (secondary N) is 2. The van der Waals surface area contributed by atoms with E-state index in [9.17, 15) is 4.79 Å². The molecule has 4 atom stereocenters. The summed E-state index contributed by atoms with van der Waals surface area (Å²) in [7, 11) is 1.58. The van der Waals surface area contributed by atoms with Crippen LogP contribution in [0.2, 0.25) is 0 Å². The van der Waals surface area contributed by atoms with Gasteiger partial charge in [0, 0.05) is 11.9 Å². The maximum absolute atomic E-state index is 12.3. The Morgan fingerprint density at radius 1 is 1.09 bits per heavy atom. The van der Waals surface area contributed by atoms with Gasteiger partial charge >= 0.3 is 6.09 Å². The molecule has 2 saturated heterocycles. The number of hydrogen-bond donors (Lipinski definition) is 2. The highest BCUT2D eigenvalue weighted by Gasteiger charge is 2.49. The van der Waals surface area contributed by atoms with Crippen molar-refractivity contribution in [1.82, 2.24) is 9.97 Å². The second-order valence-electron chi connectivity index (χ2n) is 7.39. The second kappa shape index (κ2) is 8.85. The van der Waals surface area contributed by atoms with E-state index < -0.39 is 12.2 Å². The molecule has 2 aliphatic rings. The monoisotopic (exact) mass is 438 g/mol. The summed E-state index contributed by atoms with van der Waals surface area (Å²) in [4.78, 5) is 21.1. The normalized spacial score (nSPS) is 24.0. The zero-order valence-corrected chi connectivity index (χ0v) is 17.3. The molecule has 4 heterocycles. The molecule has 32 heavy (non-hydrogen) atoms. The SMILES string of the molecule is COc1ccc(NC(=O)O[C@@H]2CO[C@H]3[C@@H]2OC[C@@H]3Nc2nccc(-c3ccco3)n2)cc1. The van der Waals surface area contributed by atoms with Gasteiger partial charge in [-0.3, -0.25) is 5.32 Å². The highest BCUT2D eigenvalue weighted by atomic mass is 16.6. The van der Waals surface area contributed by atoms with Crippen LogP contribution in [0.1, 0.15) is 0 Å². The average molecular weight is 438 g/mol. The average Bonchev–Trinajstić information content (AvgIpc) is 3.55. The highest BCUT2D eigenvalue weighted by Crippen LogP contribution is 2.31. The van der Waals surface area contributed by atoms with Crippen LogP contribution in [0.5, 0.6) is 5.75 Å². The summed E-state index contributed by atoms with van der Waals surface area (Å²) in [6.45, 7) is 0.625. The highest BCUT2D eigenvalue weighted by molar-refractivity contribution is 5.84. The number of aromatic nitrogens is 2. The fraction of sp³-hybridized carbons (Fsp3) is 0.318. The molecule has 0 spiro atoms. The Balaban J connectivity index is 1.17. The van der Waals surface area contributed by atoms with Crippen LogP contribution in [0.25, 0.3) is 11.5 Å². The molecule has 166 valence electrons. The van der Waals surface area contributed by atoms with E-state index in [0.29, 0.717) is 35.4 Å². The molecule has 0 aliphatic carbocycles. The Morgan fingerprint density at radius 2 is 1.94 bits per heavy atom. The van der Waals surface area contributed by atoms with Crippen molar-refractivity contribution in [1.29, 1.82) is 0 Å². The lowest BCUT2D eigenvalue weighted by molar-refractivity contribution is 0.00917. The van der Waals surface area contributed by atoms with Gasteiger partial charge in [0.05, 0.1) is 32.6 Å². The molecule has 0 radical (unpaired) electrons. The van der Waals surface area contributed by atoms with Gasteiger partial charge in [0.1, 0.15) is 23.7 Å². The van der Waals surface area contributed by atoms with Gasteiger partial charge in [-0.05, 0) is 42.5 Å². The maximum Gasteiger partial charge on any atom is 0.412 e. The molecule has 0 bridgehead atoms. The van der Waals surface area contributed by atoms with Crippen molar-refractivity contribution in [3.63, 3.8) is 0 Å².